The minimum atomic E-state index is 0.0660. The maximum atomic E-state index is 12.9. The van der Waals surface area contributed by atoms with E-state index < -0.39 is 0 Å². The van der Waals surface area contributed by atoms with Crippen LogP contribution in [0.15, 0.2) is 36.7 Å². The van der Waals surface area contributed by atoms with Crippen molar-refractivity contribution in [3.8, 4) is 0 Å². The molecule has 2 heterocycles. The molecule has 1 amide bonds. The molecule has 3 rings (SSSR count). The number of pyridine rings is 1. The first-order valence-corrected chi connectivity index (χ1v) is 9.75. The zero-order chi connectivity index (χ0) is 19.4. The smallest absolute Gasteiger partial charge is 0.255 e. The maximum Gasteiger partial charge on any atom is 0.255 e. The van der Waals surface area contributed by atoms with E-state index in [-0.39, 0.29) is 5.91 Å². The second-order valence-corrected chi connectivity index (χ2v) is 7.74. The summed E-state index contributed by atoms with van der Waals surface area (Å²) in [6.07, 6.45) is 3.44. The van der Waals surface area contributed by atoms with Gasteiger partial charge in [0.25, 0.3) is 5.91 Å². The quantitative estimate of drug-likeness (QED) is 0.876. The van der Waals surface area contributed by atoms with Crippen LogP contribution in [0.4, 0.5) is 11.4 Å². The Morgan fingerprint density at radius 1 is 1.15 bits per heavy atom. The van der Waals surface area contributed by atoms with Gasteiger partial charge in [-0.3, -0.25) is 9.78 Å². The first kappa shape index (κ1) is 19.2. The molecule has 0 unspecified atom stereocenters. The number of anilines is 2. The van der Waals surface area contributed by atoms with Crippen molar-refractivity contribution in [2.45, 2.75) is 27.7 Å². The van der Waals surface area contributed by atoms with E-state index in [9.17, 15) is 4.79 Å². The topological polar surface area (TPSA) is 48.5 Å². The lowest BCUT2D eigenvalue weighted by Crippen LogP contribution is -2.49. The molecule has 1 aromatic heterocycles. The van der Waals surface area contributed by atoms with Gasteiger partial charge in [-0.2, -0.15) is 0 Å². The fourth-order valence-corrected chi connectivity index (χ4v) is 3.39. The minimum absolute atomic E-state index is 0.0660. The molecule has 1 fully saturated rings. The van der Waals surface area contributed by atoms with E-state index >= 15 is 0 Å². The molecule has 144 valence electrons. The number of aromatic nitrogens is 1. The predicted molar refractivity (Wildman–Crippen MR) is 112 cm³/mol. The Balaban J connectivity index is 1.63. The Labute approximate surface area is 162 Å². The molecule has 1 aliphatic rings. The van der Waals surface area contributed by atoms with Gasteiger partial charge in [-0.25, -0.2) is 0 Å². The molecule has 1 saturated heterocycles. The number of carbonyl (C=O) groups is 1. The van der Waals surface area contributed by atoms with Crippen molar-refractivity contribution in [3.63, 3.8) is 0 Å². The van der Waals surface area contributed by atoms with E-state index in [1.165, 1.54) is 16.8 Å². The van der Waals surface area contributed by atoms with Crippen LogP contribution in [0.3, 0.4) is 0 Å². The SMILES string of the molecule is Cc1cccc(N2CCN(C(=O)c3cncc(NCC(C)C)c3)CC2)c1C. The van der Waals surface area contributed by atoms with Gasteiger partial charge in [-0.05, 0) is 43.0 Å². The van der Waals surface area contributed by atoms with Gasteiger partial charge in [-0.1, -0.05) is 26.0 Å². The number of nitrogens with zero attached hydrogens (tertiary/aromatic N) is 3. The summed E-state index contributed by atoms with van der Waals surface area (Å²) < 4.78 is 0. The molecule has 5 nitrogen and oxygen atoms in total. The van der Waals surface area contributed by atoms with Gasteiger partial charge in [0.15, 0.2) is 0 Å². The molecule has 1 N–H and O–H groups in total. The molecule has 0 saturated carbocycles. The van der Waals surface area contributed by atoms with Crippen molar-refractivity contribution in [2.24, 2.45) is 5.92 Å². The average molecular weight is 367 g/mol. The fraction of sp³-hybridized carbons (Fsp3) is 0.455. The Morgan fingerprint density at radius 3 is 2.59 bits per heavy atom. The van der Waals surface area contributed by atoms with Crippen molar-refractivity contribution in [1.29, 1.82) is 0 Å². The zero-order valence-corrected chi connectivity index (χ0v) is 16.8. The summed E-state index contributed by atoms with van der Waals surface area (Å²) in [6, 6.07) is 8.34. The van der Waals surface area contributed by atoms with Crippen LogP contribution in [0, 0.1) is 19.8 Å². The number of amides is 1. The number of hydrogen-bond donors (Lipinski definition) is 1. The van der Waals surface area contributed by atoms with Gasteiger partial charge < -0.3 is 15.1 Å². The van der Waals surface area contributed by atoms with E-state index in [0.717, 1.165) is 38.4 Å². The highest BCUT2D eigenvalue weighted by atomic mass is 16.2. The summed E-state index contributed by atoms with van der Waals surface area (Å²) in [5.74, 6) is 0.610. The molecule has 27 heavy (non-hydrogen) atoms. The highest BCUT2D eigenvalue weighted by molar-refractivity contribution is 5.95. The summed E-state index contributed by atoms with van der Waals surface area (Å²) in [6.45, 7) is 12.7. The highest BCUT2D eigenvalue weighted by Gasteiger charge is 2.23. The van der Waals surface area contributed by atoms with Crippen molar-refractivity contribution in [3.05, 3.63) is 53.3 Å². The van der Waals surface area contributed by atoms with Gasteiger partial charge in [-0.15, -0.1) is 0 Å². The minimum Gasteiger partial charge on any atom is -0.384 e. The fourth-order valence-electron chi connectivity index (χ4n) is 3.39. The molecule has 0 spiro atoms. The molecule has 2 aromatic rings. The molecule has 0 radical (unpaired) electrons. The third-order valence-electron chi connectivity index (χ3n) is 5.18. The third-order valence-corrected chi connectivity index (χ3v) is 5.18. The molecule has 1 aliphatic heterocycles. The number of aryl methyl sites for hydroxylation is 1. The average Bonchev–Trinajstić information content (AvgIpc) is 2.68. The van der Waals surface area contributed by atoms with Gasteiger partial charge in [0.05, 0.1) is 11.3 Å². The molecule has 0 atom stereocenters. The standard InChI is InChI=1S/C22H30N4O/c1-16(2)13-24-20-12-19(14-23-15-20)22(27)26-10-8-25(9-11-26)21-7-5-6-17(3)18(21)4/h5-7,12,14-16,24H,8-11,13H2,1-4H3. The monoisotopic (exact) mass is 366 g/mol. The van der Waals surface area contributed by atoms with Crippen molar-refractivity contribution < 1.29 is 4.79 Å². The van der Waals surface area contributed by atoms with E-state index in [1.807, 2.05) is 11.0 Å². The van der Waals surface area contributed by atoms with Gasteiger partial charge in [0, 0.05) is 50.8 Å². The van der Waals surface area contributed by atoms with Crippen LogP contribution < -0.4 is 10.2 Å². The molecular formula is C22H30N4O. The van der Waals surface area contributed by atoms with Crippen LogP contribution in [-0.2, 0) is 0 Å². The van der Waals surface area contributed by atoms with Gasteiger partial charge in [0.1, 0.15) is 0 Å². The molecule has 1 aromatic carbocycles. The van der Waals surface area contributed by atoms with Crippen LogP contribution in [0.25, 0.3) is 0 Å². The van der Waals surface area contributed by atoms with E-state index in [1.54, 1.807) is 12.4 Å². The van der Waals surface area contributed by atoms with E-state index in [4.69, 9.17) is 0 Å². The third kappa shape index (κ3) is 4.59. The molecular weight excluding hydrogens is 336 g/mol. The molecule has 0 aliphatic carbocycles. The summed E-state index contributed by atoms with van der Waals surface area (Å²) in [5, 5.41) is 3.34. The van der Waals surface area contributed by atoms with Crippen LogP contribution in [0.1, 0.15) is 35.3 Å². The number of nitrogens with one attached hydrogen (secondary N) is 1. The number of hydrogen-bond acceptors (Lipinski definition) is 4. The predicted octanol–water partition coefficient (Wildman–Crippen LogP) is 3.73. The van der Waals surface area contributed by atoms with E-state index in [0.29, 0.717) is 11.5 Å². The summed E-state index contributed by atoms with van der Waals surface area (Å²) in [7, 11) is 0. The van der Waals surface area contributed by atoms with Crippen LogP contribution in [0.5, 0.6) is 0 Å². The Morgan fingerprint density at radius 2 is 1.89 bits per heavy atom. The normalized spacial score (nSPS) is 14.6. The van der Waals surface area contributed by atoms with Gasteiger partial charge in [0.2, 0.25) is 0 Å². The number of piperazine rings is 1. The second kappa shape index (κ2) is 8.42. The van der Waals surface area contributed by atoms with E-state index in [2.05, 4.69) is 61.1 Å². The number of carbonyl (C=O) groups excluding carboxylic acids is 1. The lowest BCUT2D eigenvalue weighted by molar-refractivity contribution is 0.0746. The molecule has 0 bridgehead atoms. The number of benzene rings is 1. The number of rotatable bonds is 5. The van der Waals surface area contributed by atoms with Crippen molar-refractivity contribution in [2.75, 3.05) is 42.9 Å². The second-order valence-electron chi connectivity index (χ2n) is 7.74. The Hall–Kier alpha value is -2.56. The zero-order valence-electron chi connectivity index (χ0n) is 16.8. The first-order chi connectivity index (χ1) is 13.0. The van der Waals surface area contributed by atoms with Crippen LogP contribution >= 0.6 is 0 Å². The Bertz CT molecular complexity index is 795. The van der Waals surface area contributed by atoms with Crippen molar-refractivity contribution in [1.82, 2.24) is 9.88 Å². The highest BCUT2D eigenvalue weighted by Crippen LogP contribution is 2.24. The largest absolute Gasteiger partial charge is 0.384 e. The first-order valence-electron chi connectivity index (χ1n) is 9.75. The van der Waals surface area contributed by atoms with Crippen LogP contribution in [-0.4, -0.2) is 48.5 Å². The van der Waals surface area contributed by atoms with Gasteiger partial charge >= 0.3 is 0 Å². The lowest BCUT2D eigenvalue weighted by Gasteiger charge is -2.37. The lowest BCUT2D eigenvalue weighted by atomic mass is 10.1. The van der Waals surface area contributed by atoms with Crippen molar-refractivity contribution >= 4 is 17.3 Å². The summed E-state index contributed by atoms with van der Waals surface area (Å²) in [4.78, 5) is 21.5. The molecule has 5 heteroatoms. The summed E-state index contributed by atoms with van der Waals surface area (Å²) >= 11 is 0. The summed E-state index contributed by atoms with van der Waals surface area (Å²) in [5.41, 5.74) is 5.48. The van der Waals surface area contributed by atoms with Crippen LogP contribution in [0.2, 0.25) is 0 Å². The Kier molecular flexibility index (Phi) is 5.99. The maximum absolute atomic E-state index is 12.9.